The largest absolute Gasteiger partial charge is 0.478 e. The van der Waals surface area contributed by atoms with Crippen LogP contribution in [0.4, 0.5) is 11.4 Å². The standard InChI is InChI=1S/C19H22N2O4S/c1-14-5-8-16(9-6-14)26(24,25)20-15-7-10-18(17(13-15)19(22)23)21-11-3-2-4-12-21/h5-10,13,20H,2-4,11-12H2,1H3,(H,22,23). The average Bonchev–Trinajstić information content (AvgIpc) is 2.62. The molecule has 0 aromatic heterocycles. The molecule has 6 nitrogen and oxygen atoms in total. The van der Waals surface area contributed by atoms with Crippen molar-refractivity contribution in [1.29, 1.82) is 0 Å². The number of carboxylic acids is 1. The molecule has 0 bridgehead atoms. The Balaban J connectivity index is 1.89. The summed E-state index contributed by atoms with van der Waals surface area (Å²) in [5.74, 6) is -1.07. The predicted molar refractivity (Wildman–Crippen MR) is 101 cm³/mol. The van der Waals surface area contributed by atoms with Gasteiger partial charge in [-0.05, 0) is 56.5 Å². The highest BCUT2D eigenvalue weighted by molar-refractivity contribution is 7.92. The molecule has 0 amide bonds. The van der Waals surface area contributed by atoms with Gasteiger partial charge in [0.05, 0.1) is 16.1 Å². The van der Waals surface area contributed by atoms with Crippen LogP contribution in [0.15, 0.2) is 47.4 Å². The van der Waals surface area contributed by atoms with Gasteiger partial charge in [0, 0.05) is 18.8 Å². The molecule has 2 N–H and O–H groups in total. The topological polar surface area (TPSA) is 86.7 Å². The fourth-order valence-electron chi connectivity index (χ4n) is 3.11. The number of sulfonamides is 1. The lowest BCUT2D eigenvalue weighted by molar-refractivity contribution is 0.0697. The van der Waals surface area contributed by atoms with Crippen LogP contribution >= 0.6 is 0 Å². The summed E-state index contributed by atoms with van der Waals surface area (Å²) in [5, 5.41) is 9.56. The Morgan fingerprint density at radius 1 is 1.04 bits per heavy atom. The Labute approximate surface area is 153 Å². The molecular weight excluding hydrogens is 352 g/mol. The minimum Gasteiger partial charge on any atom is -0.478 e. The highest BCUT2D eigenvalue weighted by atomic mass is 32.2. The number of aryl methyl sites for hydroxylation is 1. The lowest BCUT2D eigenvalue weighted by Gasteiger charge is -2.30. The summed E-state index contributed by atoms with van der Waals surface area (Å²) in [6.07, 6.45) is 3.20. The Kier molecular flexibility index (Phi) is 5.18. The number of rotatable bonds is 5. The van der Waals surface area contributed by atoms with E-state index in [1.54, 1.807) is 24.3 Å². The van der Waals surface area contributed by atoms with E-state index in [2.05, 4.69) is 4.72 Å². The summed E-state index contributed by atoms with van der Waals surface area (Å²) in [6, 6.07) is 11.2. The van der Waals surface area contributed by atoms with Gasteiger partial charge in [-0.1, -0.05) is 17.7 Å². The van der Waals surface area contributed by atoms with Gasteiger partial charge >= 0.3 is 5.97 Å². The van der Waals surface area contributed by atoms with Crippen LogP contribution in [0.25, 0.3) is 0 Å². The smallest absolute Gasteiger partial charge is 0.337 e. The summed E-state index contributed by atoms with van der Waals surface area (Å²) in [6.45, 7) is 3.51. The van der Waals surface area contributed by atoms with Gasteiger partial charge < -0.3 is 10.0 Å². The molecule has 138 valence electrons. The number of hydrogen-bond acceptors (Lipinski definition) is 4. The van der Waals surface area contributed by atoms with Gasteiger partial charge in [-0.25, -0.2) is 13.2 Å². The monoisotopic (exact) mass is 374 g/mol. The number of aromatic carboxylic acids is 1. The van der Waals surface area contributed by atoms with Crippen molar-refractivity contribution >= 4 is 27.4 Å². The van der Waals surface area contributed by atoms with E-state index in [-0.39, 0.29) is 16.1 Å². The fourth-order valence-corrected chi connectivity index (χ4v) is 4.16. The van der Waals surface area contributed by atoms with Crippen molar-refractivity contribution in [2.75, 3.05) is 22.7 Å². The molecule has 0 radical (unpaired) electrons. The maximum atomic E-state index is 12.5. The Bertz CT molecular complexity index is 902. The van der Waals surface area contributed by atoms with E-state index in [9.17, 15) is 18.3 Å². The Morgan fingerprint density at radius 3 is 2.31 bits per heavy atom. The van der Waals surface area contributed by atoms with Gasteiger partial charge in [0.25, 0.3) is 10.0 Å². The quantitative estimate of drug-likeness (QED) is 0.837. The number of hydrogen-bond donors (Lipinski definition) is 2. The SMILES string of the molecule is Cc1ccc(S(=O)(=O)Nc2ccc(N3CCCCC3)c(C(=O)O)c2)cc1. The van der Waals surface area contributed by atoms with E-state index in [4.69, 9.17) is 0 Å². The van der Waals surface area contributed by atoms with Crippen LogP contribution in [-0.2, 0) is 10.0 Å². The summed E-state index contributed by atoms with van der Waals surface area (Å²) in [5.41, 5.74) is 1.94. The van der Waals surface area contributed by atoms with Crippen molar-refractivity contribution in [1.82, 2.24) is 0 Å². The molecule has 0 spiro atoms. The van der Waals surface area contributed by atoms with Gasteiger partial charge in [0.1, 0.15) is 0 Å². The minimum atomic E-state index is -3.77. The van der Waals surface area contributed by atoms with Crippen molar-refractivity contribution in [3.8, 4) is 0 Å². The van der Waals surface area contributed by atoms with E-state index in [1.807, 2.05) is 11.8 Å². The first kappa shape index (κ1) is 18.3. The zero-order valence-electron chi connectivity index (χ0n) is 14.6. The number of piperidine rings is 1. The second kappa shape index (κ2) is 7.37. The molecule has 1 heterocycles. The summed E-state index contributed by atoms with van der Waals surface area (Å²) < 4.78 is 27.5. The summed E-state index contributed by atoms with van der Waals surface area (Å²) >= 11 is 0. The first-order valence-corrected chi connectivity index (χ1v) is 10.1. The second-order valence-electron chi connectivity index (χ2n) is 6.50. The van der Waals surface area contributed by atoms with E-state index in [0.29, 0.717) is 5.69 Å². The Hall–Kier alpha value is -2.54. The maximum absolute atomic E-state index is 12.5. The van der Waals surface area contributed by atoms with E-state index in [0.717, 1.165) is 37.9 Å². The van der Waals surface area contributed by atoms with Gasteiger partial charge in [0.2, 0.25) is 0 Å². The molecule has 0 aliphatic carbocycles. The third-order valence-corrected chi connectivity index (χ3v) is 5.90. The summed E-state index contributed by atoms with van der Waals surface area (Å²) in [4.78, 5) is 13.9. The number of anilines is 2. The van der Waals surface area contributed by atoms with Crippen LogP contribution in [0.5, 0.6) is 0 Å². The molecule has 0 atom stereocenters. The number of nitrogens with one attached hydrogen (secondary N) is 1. The first-order chi connectivity index (χ1) is 12.4. The van der Waals surface area contributed by atoms with Crippen LogP contribution in [0.1, 0.15) is 35.2 Å². The van der Waals surface area contributed by atoms with Crippen LogP contribution < -0.4 is 9.62 Å². The lowest BCUT2D eigenvalue weighted by atomic mass is 10.1. The van der Waals surface area contributed by atoms with Crippen molar-refractivity contribution in [3.63, 3.8) is 0 Å². The number of nitrogens with zero attached hydrogens (tertiary/aromatic N) is 1. The Morgan fingerprint density at radius 2 is 1.69 bits per heavy atom. The first-order valence-electron chi connectivity index (χ1n) is 8.58. The van der Waals surface area contributed by atoms with Gasteiger partial charge in [-0.15, -0.1) is 0 Å². The molecule has 2 aromatic rings. The molecule has 2 aromatic carbocycles. The minimum absolute atomic E-state index is 0.107. The van der Waals surface area contributed by atoms with E-state index < -0.39 is 16.0 Å². The number of carbonyl (C=O) groups is 1. The van der Waals surface area contributed by atoms with Crippen molar-refractivity contribution in [2.45, 2.75) is 31.1 Å². The molecule has 0 unspecified atom stereocenters. The molecule has 7 heteroatoms. The second-order valence-corrected chi connectivity index (χ2v) is 8.19. The number of carboxylic acid groups (broad SMARTS) is 1. The normalized spacial score (nSPS) is 14.9. The zero-order valence-corrected chi connectivity index (χ0v) is 15.4. The van der Waals surface area contributed by atoms with Gasteiger partial charge in [-0.2, -0.15) is 0 Å². The molecule has 1 aliphatic rings. The highest BCUT2D eigenvalue weighted by Gasteiger charge is 2.20. The van der Waals surface area contributed by atoms with Crippen LogP contribution in [0, 0.1) is 6.92 Å². The zero-order chi connectivity index (χ0) is 18.7. The van der Waals surface area contributed by atoms with E-state index >= 15 is 0 Å². The van der Waals surface area contributed by atoms with Crippen molar-refractivity contribution < 1.29 is 18.3 Å². The third kappa shape index (κ3) is 3.99. The average molecular weight is 374 g/mol. The molecule has 1 fully saturated rings. The van der Waals surface area contributed by atoms with Crippen LogP contribution in [-0.4, -0.2) is 32.6 Å². The third-order valence-electron chi connectivity index (χ3n) is 4.51. The predicted octanol–water partition coefficient (Wildman–Crippen LogP) is 3.48. The molecule has 1 saturated heterocycles. The molecule has 1 aliphatic heterocycles. The van der Waals surface area contributed by atoms with Gasteiger partial charge in [-0.3, -0.25) is 4.72 Å². The highest BCUT2D eigenvalue weighted by Crippen LogP contribution is 2.28. The fraction of sp³-hybridized carbons (Fsp3) is 0.316. The number of benzene rings is 2. The van der Waals surface area contributed by atoms with E-state index in [1.165, 1.54) is 18.2 Å². The van der Waals surface area contributed by atoms with Crippen molar-refractivity contribution in [3.05, 3.63) is 53.6 Å². The van der Waals surface area contributed by atoms with Crippen LogP contribution in [0.3, 0.4) is 0 Å². The molecule has 26 heavy (non-hydrogen) atoms. The molecule has 3 rings (SSSR count). The van der Waals surface area contributed by atoms with Gasteiger partial charge in [0.15, 0.2) is 0 Å². The summed E-state index contributed by atoms with van der Waals surface area (Å²) in [7, 11) is -3.77. The van der Waals surface area contributed by atoms with Crippen LogP contribution in [0.2, 0.25) is 0 Å². The van der Waals surface area contributed by atoms with Crippen molar-refractivity contribution in [2.24, 2.45) is 0 Å². The molecular formula is C19H22N2O4S. The maximum Gasteiger partial charge on any atom is 0.337 e. The molecule has 0 saturated carbocycles. The lowest BCUT2D eigenvalue weighted by Crippen LogP contribution is -2.30.